The summed E-state index contributed by atoms with van der Waals surface area (Å²) >= 11 is 0. The van der Waals surface area contributed by atoms with Gasteiger partial charge in [-0.15, -0.1) is 0 Å². The van der Waals surface area contributed by atoms with E-state index in [1.54, 1.807) is 0 Å². The molecule has 1 fully saturated rings. The number of halogens is 2. The van der Waals surface area contributed by atoms with Crippen molar-refractivity contribution in [1.82, 2.24) is 9.80 Å². The van der Waals surface area contributed by atoms with Gasteiger partial charge in [-0.25, -0.2) is 8.78 Å². The van der Waals surface area contributed by atoms with Gasteiger partial charge in [-0.3, -0.25) is 4.90 Å². The van der Waals surface area contributed by atoms with Crippen molar-refractivity contribution in [2.24, 2.45) is 0 Å². The lowest BCUT2D eigenvalue weighted by Gasteiger charge is -2.30. The van der Waals surface area contributed by atoms with E-state index >= 15 is 0 Å². The quantitative estimate of drug-likeness (QED) is 0.923. The van der Waals surface area contributed by atoms with Crippen molar-refractivity contribution in [3.63, 3.8) is 0 Å². The van der Waals surface area contributed by atoms with Gasteiger partial charge in [0.25, 0.3) is 0 Å². The predicted octanol–water partition coefficient (Wildman–Crippen LogP) is 2.24. The maximum atomic E-state index is 13.7. The molecular formula is C16H24F2N2O. The Morgan fingerprint density at radius 3 is 2.48 bits per heavy atom. The molecule has 1 aromatic carbocycles. The molecule has 1 heterocycles. The van der Waals surface area contributed by atoms with Crippen molar-refractivity contribution in [2.45, 2.75) is 31.4 Å². The van der Waals surface area contributed by atoms with E-state index in [0.717, 1.165) is 19.4 Å². The summed E-state index contributed by atoms with van der Waals surface area (Å²) in [6, 6.07) is 3.96. The van der Waals surface area contributed by atoms with Gasteiger partial charge < -0.3 is 10.0 Å². The summed E-state index contributed by atoms with van der Waals surface area (Å²) in [7, 11) is 3.88. The summed E-state index contributed by atoms with van der Waals surface area (Å²) in [6.45, 7) is 2.28. The summed E-state index contributed by atoms with van der Waals surface area (Å²) in [5.74, 6) is -0.995. The Balaban J connectivity index is 2.00. The fourth-order valence-electron chi connectivity index (χ4n) is 3.05. The van der Waals surface area contributed by atoms with E-state index in [1.807, 2.05) is 23.9 Å². The molecule has 1 aliphatic heterocycles. The molecule has 118 valence electrons. The first kappa shape index (κ1) is 16.3. The van der Waals surface area contributed by atoms with Crippen LogP contribution in [0.15, 0.2) is 18.2 Å². The van der Waals surface area contributed by atoms with Crippen molar-refractivity contribution in [3.05, 3.63) is 35.4 Å². The van der Waals surface area contributed by atoms with Crippen LogP contribution in [0.25, 0.3) is 0 Å². The maximum absolute atomic E-state index is 13.7. The molecule has 1 atom stereocenters. The molecule has 1 unspecified atom stereocenters. The number of benzene rings is 1. The Morgan fingerprint density at radius 1 is 1.19 bits per heavy atom. The minimum absolute atomic E-state index is 0.121. The standard InChI is InChI=1S/C16H24F2N2O/c1-19(2)12-16(21)7-4-9-20(10-8-16)11-13-14(17)5-3-6-15(13)18/h3,5-6,21H,4,7-12H2,1-2H3. The molecule has 0 bridgehead atoms. The van der Waals surface area contributed by atoms with Gasteiger partial charge in [0.2, 0.25) is 0 Å². The summed E-state index contributed by atoms with van der Waals surface area (Å²) in [5.41, 5.74) is -0.581. The minimum atomic E-state index is -0.702. The zero-order chi connectivity index (χ0) is 15.5. The topological polar surface area (TPSA) is 26.7 Å². The summed E-state index contributed by atoms with van der Waals surface area (Å²) in [4.78, 5) is 4.00. The van der Waals surface area contributed by atoms with E-state index in [2.05, 4.69) is 0 Å². The van der Waals surface area contributed by atoms with Gasteiger partial charge >= 0.3 is 0 Å². The van der Waals surface area contributed by atoms with Gasteiger partial charge in [-0.1, -0.05) is 6.07 Å². The second-order valence-corrected chi connectivity index (χ2v) is 6.29. The first-order valence-corrected chi connectivity index (χ1v) is 7.42. The summed E-state index contributed by atoms with van der Waals surface area (Å²) in [5, 5.41) is 10.6. The second kappa shape index (κ2) is 6.81. The van der Waals surface area contributed by atoms with E-state index in [4.69, 9.17) is 0 Å². The van der Waals surface area contributed by atoms with Crippen LogP contribution < -0.4 is 0 Å². The molecule has 0 amide bonds. The molecule has 1 aromatic rings. The van der Waals surface area contributed by atoms with Crippen LogP contribution in [0.1, 0.15) is 24.8 Å². The molecular weight excluding hydrogens is 274 g/mol. The van der Waals surface area contributed by atoms with Crippen LogP contribution in [0.5, 0.6) is 0 Å². The molecule has 3 nitrogen and oxygen atoms in total. The van der Waals surface area contributed by atoms with Crippen LogP contribution in [0.4, 0.5) is 8.78 Å². The van der Waals surface area contributed by atoms with Crippen LogP contribution >= 0.6 is 0 Å². The molecule has 1 saturated heterocycles. The summed E-state index contributed by atoms with van der Waals surface area (Å²) in [6.07, 6.45) is 2.18. The second-order valence-electron chi connectivity index (χ2n) is 6.29. The first-order valence-electron chi connectivity index (χ1n) is 7.42. The number of hydrogen-bond donors (Lipinski definition) is 1. The van der Waals surface area contributed by atoms with Gasteiger partial charge in [0, 0.05) is 25.2 Å². The Bertz CT molecular complexity index is 461. The molecule has 5 heteroatoms. The van der Waals surface area contributed by atoms with Crippen LogP contribution in [0, 0.1) is 11.6 Å². The SMILES string of the molecule is CN(C)CC1(O)CCCN(Cc2c(F)cccc2F)CC1. The number of likely N-dealkylation sites (N-methyl/N-ethyl adjacent to an activating group) is 1. The zero-order valence-corrected chi connectivity index (χ0v) is 12.8. The Morgan fingerprint density at radius 2 is 1.86 bits per heavy atom. The van der Waals surface area contributed by atoms with Crippen molar-refractivity contribution in [1.29, 1.82) is 0 Å². The Kier molecular flexibility index (Phi) is 5.30. The fourth-order valence-corrected chi connectivity index (χ4v) is 3.05. The zero-order valence-electron chi connectivity index (χ0n) is 12.8. The smallest absolute Gasteiger partial charge is 0.130 e. The minimum Gasteiger partial charge on any atom is -0.389 e. The van der Waals surface area contributed by atoms with Gasteiger partial charge in [-0.05, 0) is 52.0 Å². The van der Waals surface area contributed by atoms with Gasteiger partial charge in [0.15, 0.2) is 0 Å². The molecule has 0 spiro atoms. The van der Waals surface area contributed by atoms with Gasteiger partial charge in [0.1, 0.15) is 11.6 Å². The monoisotopic (exact) mass is 298 g/mol. The van der Waals surface area contributed by atoms with E-state index in [0.29, 0.717) is 19.5 Å². The number of nitrogens with zero attached hydrogens (tertiary/aromatic N) is 2. The van der Waals surface area contributed by atoms with E-state index in [9.17, 15) is 13.9 Å². The summed E-state index contributed by atoms with van der Waals surface area (Å²) < 4.78 is 27.4. The van der Waals surface area contributed by atoms with E-state index in [1.165, 1.54) is 18.2 Å². The molecule has 21 heavy (non-hydrogen) atoms. The van der Waals surface area contributed by atoms with Crippen molar-refractivity contribution < 1.29 is 13.9 Å². The molecule has 0 aromatic heterocycles. The molecule has 1 aliphatic rings. The predicted molar refractivity (Wildman–Crippen MR) is 79.0 cm³/mol. The van der Waals surface area contributed by atoms with Crippen molar-refractivity contribution in [2.75, 3.05) is 33.7 Å². The van der Waals surface area contributed by atoms with Crippen LogP contribution in [0.3, 0.4) is 0 Å². The van der Waals surface area contributed by atoms with Crippen molar-refractivity contribution >= 4 is 0 Å². The Hall–Kier alpha value is -1.04. The van der Waals surface area contributed by atoms with E-state index in [-0.39, 0.29) is 12.1 Å². The third-order valence-electron chi connectivity index (χ3n) is 4.06. The van der Waals surface area contributed by atoms with Crippen molar-refractivity contribution in [3.8, 4) is 0 Å². The highest BCUT2D eigenvalue weighted by molar-refractivity contribution is 5.19. The molecule has 0 saturated carbocycles. The fraction of sp³-hybridized carbons (Fsp3) is 0.625. The highest BCUT2D eigenvalue weighted by Crippen LogP contribution is 2.24. The highest BCUT2D eigenvalue weighted by Gasteiger charge is 2.31. The lowest BCUT2D eigenvalue weighted by Crippen LogP contribution is -2.40. The third-order valence-corrected chi connectivity index (χ3v) is 4.06. The van der Waals surface area contributed by atoms with Crippen LogP contribution in [0.2, 0.25) is 0 Å². The highest BCUT2D eigenvalue weighted by atomic mass is 19.1. The largest absolute Gasteiger partial charge is 0.389 e. The molecule has 0 radical (unpaired) electrons. The number of hydrogen-bond acceptors (Lipinski definition) is 3. The Labute approximate surface area is 125 Å². The number of likely N-dealkylation sites (tertiary alicyclic amines) is 1. The normalized spacial score (nSPS) is 24.3. The maximum Gasteiger partial charge on any atom is 0.130 e. The third kappa shape index (κ3) is 4.46. The van der Waals surface area contributed by atoms with E-state index < -0.39 is 17.2 Å². The molecule has 2 rings (SSSR count). The molecule has 1 N–H and O–H groups in total. The molecule has 0 aliphatic carbocycles. The number of rotatable bonds is 4. The van der Waals surface area contributed by atoms with Crippen LogP contribution in [-0.4, -0.2) is 54.2 Å². The van der Waals surface area contributed by atoms with Gasteiger partial charge in [0.05, 0.1) is 5.60 Å². The van der Waals surface area contributed by atoms with Crippen LogP contribution in [-0.2, 0) is 6.54 Å². The lowest BCUT2D eigenvalue weighted by molar-refractivity contribution is 0.00255. The van der Waals surface area contributed by atoms with Gasteiger partial charge in [-0.2, -0.15) is 0 Å². The first-order chi connectivity index (χ1) is 9.89. The lowest BCUT2D eigenvalue weighted by atomic mass is 9.94. The average Bonchev–Trinajstić information content (AvgIpc) is 2.55. The number of aliphatic hydroxyl groups is 1. The average molecular weight is 298 g/mol.